The zero-order valence-corrected chi connectivity index (χ0v) is 11.1. The van der Waals surface area contributed by atoms with Gasteiger partial charge in [0.2, 0.25) is 0 Å². The van der Waals surface area contributed by atoms with E-state index in [1.165, 1.54) is 0 Å². The maximum Gasteiger partial charge on any atom is 0.175 e. The van der Waals surface area contributed by atoms with Gasteiger partial charge < -0.3 is 5.11 Å². The van der Waals surface area contributed by atoms with Gasteiger partial charge in [-0.1, -0.05) is 48.0 Å². The Balaban J connectivity index is 2.01. The lowest BCUT2D eigenvalue weighted by Crippen LogP contribution is -1.75. The molecule has 1 N–H and O–H groups in total. The molecule has 1 aromatic heterocycles. The van der Waals surface area contributed by atoms with Crippen LogP contribution in [0.15, 0.2) is 64.8 Å². The number of nitrogens with zero attached hydrogens (tertiary/aromatic N) is 3. The van der Waals surface area contributed by atoms with Gasteiger partial charge in [-0.3, -0.25) is 0 Å². The second kappa shape index (κ2) is 5.27. The van der Waals surface area contributed by atoms with Crippen LogP contribution in [0.5, 0.6) is 5.75 Å². The molecule has 1 heterocycles. The Morgan fingerprint density at radius 1 is 0.900 bits per heavy atom. The maximum absolute atomic E-state index is 10.2. The van der Waals surface area contributed by atoms with Crippen LogP contribution in [-0.4, -0.2) is 10.1 Å². The number of phenols is 1. The highest BCUT2D eigenvalue weighted by atomic mass is 35.5. The first kappa shape index (κ1) is 12.6. The molecule has 0 aliphatic heterocycles. The molecule has 98 valence electrons. The van der Waals surface area contributed by atoms with E-state index in [1.807, 2.05) is 30.3 Å². The number of benzene rings is 2. The van der Waals surface area contributed by atoms with Crippen LogP contribution in [0.25, 0.3) is 10.8 Å². The second-order valence-electron chi connectivity index (χ2n) is 4.17. The highest BCUT2D eigenvalue weighted by Gasteiger charge is 2.05. The van der Waals surface area contributed by atoms with Crippen molar-refractivity contribution >= 4 is 33.9 Å². The highest BCUT2D eigenvalue weighted by molar-refractivity contribution is 6.29. The van der Waals surface area contributed by atoms with Crippen LogP contribution in [-0.2, 0) is 0 Å². The zero-order valence-electron chi connectivity index (χ0n) is 10.4. The minimum atomic E-state index is 0.105. The monoisotopic (exact) mass is 283 g/mol. The molecule has 4 nitrogen and oxygen atoms in total. The van der Waals surface area contributed by atoms with E-state index in [4.69, 9.17) is 11.6 Å². The zero-order chi connectivity index (χ0) is 13.9. The number of pyridine rings is 1. The molecule has 0 aliphatic rings. The van der Waals surface area contributed by atoms with Crippen molar-refractivity contribution in [2.24, 2.45) is 10.2 Å². The van der Waals surface area contributed by atoms with Crippen LogP contribution in [0.1, 0.15) is 0 Å². The number of aromatic hydroxyl groups is 1. The quantitative estimate of drug-likeness (QED) is 0.531. The number of azo groups is 1. The van der Waals surface area contributed by atoms with Gasteiger partial charge in [-0.15, -0.1) is 10.2 Å². The van der Waals surface area contributed by atoms with Crippen LogP contribution in [0.2, 0.25) is 5.15 Å². The molecule has 0 aliphatic carbocycles. The average molecular weight is 284 g/mol. The fraction of sp³-hybridized carbons (Fsp3) is 0. The van der Waals surface area contributed by atoms with Crippen LogP contribution in [0.4, 0.5) is 11.5 Å². The summed E-state index contributed by atoms with van der Waals surface area (Å²) in [5, 5.41) is 20.2. The third kappa shape index (κ3) is 2.46. The third-order valence-corrected chi connectivity index (χ3v) is 3.05. The van der Waals surface area contributed by atoms with Crippen LogP contribution in [0.3, 0.4) is 0 Å². The van der Waals surface area contributed by atoms with Crippen molar-refractivity contribution in [3.05, 3.63) is 59.8 Å². The number of hydrogen-bond donors (Lipinski definition) is 1. The molecule has 0 unspecified atom stereocenters. The van der Waals surface area contributed by atoms with E-state index in [2.05, 4.69) is 15.2 Å². The fourth-order valence-corrected chi connectivity index (χ4v) is 2.04. The van der Waals surface area contributed by atoms with Crippen LogP contribution in [0, 0.1) is 0 Å². The number of aromatic nitrogens is 1. The summed E-state index contributed by atoms with van der Waals surface area (Å²) in [6.45, 7) is 0. The summed E-state index contributed by atoms with van der Waals surface area (Å²) in [7, 11) is 0. The Morgan fingerprint density at radius 3 is 2.60 bits per heavy atom. The molecule has 0 radical (unpaired) electrons. The molecular formula is C15H10ClN3O. The van der Waals surface area contributed by atoms with Crippen LogP contribution >= 0.6 is 11.6 Å². The van der Waals surface area contributed by atoms with Crippen LogP contribution < -0.4 is 0 Å². The number of phenolic OH excluding ortho intramolecular Hbond substituents is 1. The highest BCUT2D eigenvalue weighted by Crippen LogP contribution is 2.35. The predicted octanol–water partition coefficient (Wildman–Crippen LogP) is 5.01. The predicted molar refractivity (Wildman–Crippen MR) is 79.0 cm³/mol. The molecule has 5 heteroatoms. The lowest BCUT2D eigenvalue weighted by molar-refractivity contribution is 0.482. The Kier molecular flexibility index (Phi) is 3.31. The molecule has 0 fully saturated rings. The Hall–Kier alpha value is -2.46. The lowest BCUT2D eigenvalue weighted by atomic mass is 10.1. The van der Waals surface area contributed by atoms with Gasteiger partial charge in [0.25, 0.3) is 0 Å². The van der Waals surface area contributed by atoms with E-state index in [-0.39, 0.29) is 5.75 Å². The average Bonchev–Trinajstić information content (AvgIpc) is 2.47. The molecule has 20 heavy (non-hydrogen) atoms. The Morgan fingerprint density at radius 2 is 1.75 bits per heavy atom. The minimum absolute atomic E-state index is 0.105. The summed E-state index contributed by atoms with van der Waals surface area (Å²) < 4.78 is 0. The molecule has 0 spiro atoms. The van der Waals surface area contributed by atoms with Crippen molar-refractivity contribution < 1.29 is 5.11 Å². The van der Waals surface area contributed by atoms with Gasteiger partial charge in [0.05, 0.1) is 0 Å². The molecule has 0 saturated heterocycles. The van der Waals surface area contributed by atoms with E-state index < -0.39 is 0 Å². The fourth-order valence-electron chi connectivity index (χ4n) is 1.88. The van der Waals surface area contributed by atoms with E-state index in [0.29, 0.717) is 16.7 Å². The van der Waals surface area contributed by atoms with E-state index >= 15 is 0 Å². The van der Waals surface area contributed by atoms with E-state index in [1.54, 1.807) is 24.3 Å². The van der Waals surface area contributed by atoms with Crippen molar-refractivity contribution in [1.82, 2.24) is 4.98 Å². The summed E-state index contributed by atoms with van der Waals surface area (Å²) in [4.78, 5) is 4.00. The molecule has 0 atom stereocenters. The Labute approximate surface area is 120 Å². The van der Waals surface area contributed by atoms with Crippen molar-refractivity contribution in [1.29, 1.82) is 0 Å². The summed E-state index contributed by atoms with van der Waals surface area (Å²) >= 11 is 5.77. The molecule has 0 saturated carbocycles. The van der Waals surface area contributed by atoms with E-state index in [9.17, 15) is 5.11 Å². The van der Waals surface area contributed by atoms with Gasteiger partial charge in [-0.2, -0.15) is 0 Å². The van der Waals surface area contributed by atoms with Gasteiger partial charge in [0, 0.05) is 5.39 Å². The first-order chi connectivity index (χ1) is 9.74. The van der Waals surface area contributed by atoms with Gasteiger partial charge >= 0.3 is 0 Å². The first-order valence-corrected chi connectivity index (χ1v) is 6.37. The molecule has 3 rings (SSSR count). The smallest absolute Gasteiger partial charge is 0.175 e. The molecule has 3 aromatic rings. The molecule has 0 amide bonds. The number of rotatable bonds is 2. The standard InChI is InChI=1S/C15H10ClN3O/c16-13-6-3-7-14(17-13)19-18-12-9-8-10-4-1-2-5-11(10)15(12)20/h1-9,20H. The Bertz CT molecular complexity index is 802. The summed E-state index contributed by atoms with van der Waals surface area (Å²) in [5.41, 5.74) is 0.394. The van der Waals surface area contributed by atoms with Crippen molar-refractivity contribution in [2.75, 3.05) is 0 Å². The summed E-state index contributed by atoms with van der Waals surface area (Å²) in [5.74, 6) is 0.499. The second-order valence-corrected chi connectivity index (χ2v) is 4.56. The number of halogens is 1. The largest absolute Gasteiger partial charge is 0.505 e. The normalized spacial score (nSPS) is 11.2. The summed E-state index contributed by atoms with van der Waals surface area (Å²) in [6.07, 6.45) is 0. The number of fused-ring (bicyclic) bond motifs is 1. The SMILES string of the molecule is Oc1c(N=Nc2cccc(Cl)n2)ccc2ccccc12. The number of hydrogen-bond acceptors (Lipinski definition) is 4. The maximum atomic E-state index is 10.2. The van der Waals surface area contributed by atoms with Gasteiger partial charge in [-0.25, -0.2) is 4.98 Å². The first-order valence-electron chi connectivity index (χ1n) is 5.99. The van der Waals surface area contributed by atoms with E-state index in [0.717, 1.165) is 10.8 Å². The molecule has 2 aromatic carbocycles. The third-order valence-electron chi connectivity index (χ3n) is 2.84. The van der Waals surface area contributed by atoms with Gasteiger partial charge in [-0.05, 0) is 23.6 Å². The molecular weight excluding hydrogens is 274 g/mol. The lowest BCUT2D eigenvalue weighted by Gasteiger charge is -2.02. The summed E-state index contributed by atoms with van der Waals surface area (Å²) in [6, 6.07) is 16.2. The van der Waals surface area contributed by atoms with Crippen molar-refractivity contribution in [3.8, 4) is 5.75 Å². The van der Waals surface area contributed by atoms with Gasteiger partial charge in [0.15, 0.2) is 11.6 Å². The molecule has 0 bridgehead atoms. The minimum Gasteiger partial charge on any atom is -0.505 e. The van der Waals surface area contributed by atoms with Crippen molar-refractivity contribution in [2.45, 2.75) is 0 Å². The van der Waals surface area contributed by atoms with Gasteiger partial charge in [0.1, 0.15) is 10.8 Å². The topological polar surface area (TPSA) is 57.8 Å². The van der Waals surface area contributed by atoms with Crippen molar-refractivity contribution in [3.63, 3.8) is 0 Å².